The minimum atomic E-state index is -0.465. The number of hydrogen-bond donors (Lipinski definition) is 2. The van der Waals surface area contributed by atoms with E-state index in [0.717, 1.165) is 0 Å². The Balaban J connectivity index is 2.12. The molecule has 2 heterocycles. The second-order valence-electron chi connectivity index (χ2n) is 3.80. The fraction of sp³-hybridized carbons (Fsp3) is 0.333. The van der Waals surface area contributed by atoms with Crippen molar-refractivity contribution in [3.8, 4) is 0 Å². The monoisotopic (exact) mass is 294 g/mol. The van der Waals surface area contributed by atoms with Crippen LogP contribution in [0.4, 0.5) is 5.00 Å². The number of carbonyl (C=O) groups excluding carboxylic acids is 2. The molecular weight excluding hydrogens is 280 g/mol. The topological polar surface area (TPSA) is 97.0 Å². The highest BCUT2D eigenvalue weighted by Gasteiger charge is 2.18. The van der Waals surface area contributed by atoms with Crippen LogP contribution < -0.4 is 5.32 Å². The molecule has 7 nitrogen and oxygen atoms in total. The van der Waals surface area contributed by atoms with Crippen LogP contribution in [-0.2, 0) is 11.2 Å². The van der Waals surface area contributed by atoms with Crippen molar-refractivity contribution in [3.63, 3.8) is 0 Å². The van der Waals surface area contributed by atoms with Crippen molar-refractivity contribution in [3.05, 3.63) is 28.7 Å². The standard InChI is InChI=1S/C12H14N4O3S/c1-3-8-13-9(16-15-8)10(17)14-11-7(5-6-20-11)12(18)19-4-2/h5-6H,3-4H2,1-2H3,(H,14,17)(H,13,15,16). The van der Waals surface area contributed by atoms with Gasteiger partial charge in [-0.1, -0.05) is 6.92 Å². The molecule has 0 saturated carbocycles. The maximum absolute atomic E-state index is 12.0. The van der Waals surface area contributed by atoms with Crippen molar-refractivity contribution in [2.45, 2.75) is 20.3 Å². The Hall–Kier alpha value is -2.22. The number of aromatic amines is 1. The van der Waals surface area contributed by atoms with Gasteiger partial charge in [-0.2, -0.15) is 0 Å². The van der Waals surface area contributed by atoms with Crippen LogP contribution in [0.2, 0.25) is 0 Å². The number of ether oxygens (including phenoxy) is 1. The predicted molar refractivity (Wildman–Crippen MR) is 74.0 cm³/mol. The van der Waals surface area contributed by atoms with Crippen molar-refractivity contribution in [1.29, 1.82) is 0 Å². The van der Waals surface area contributed by atoms with E-state index < -0.39 is 11.9 Å². The quantitative estimate of drug-likeness (QED) is 0.820. The summed E-state index contributed by atoms with van der Waals surface area (Å²) in [7, 11) is 0. The van der Waals surface area contributed by atoms with Crippen LogP contribution in [0.1, 0.15) is 40.6 Å². The number of nitrogens with one attached hydrogen (secondary N) is 2. The lowest BCUT2D eigenvalue weighted by atomic mass is 10.3. The maximum atomic E-state index is 12.0. The van der Waals surface area contributed by atoms with Gasteiger partial charge in [0.1, 0.15) is 10.8 Å². The average Bonchev–Trinajstić information content (AvgIpc) is 3.07. The Labute approximate surface area is 119 Å². The molecular formula is C12H14N4O3S. The fourth-order valence-corrected chi connectivity index (χ4v) is 2.26. The highest BCUT2D eigenvalue weighted by atomic mass is 32.1. The molecule has 20 heavy (non-hydrogen) atoms. The molecule has 1 amide bonds. The summed E-state index contributed by atoms with van der Waals surface area (Å²) in [5.74, 6) is -0.251. The number of thiophene rings is 1. The molecule has 0 unspecified atom stereocenters. The number of esters is 1. The molecule has 0 aliphatic rings. The van der Waals surface area contributed by atoms with Crippen molar-refractivity contribution in [2.24, 2.45) is 0 Å². The van der Waals surface area contributed by atoms with Gasteiger partial charge < -0.3 is 10.1 Å². The number of rotatable bonds is 5. The van der Waals surface area contributed by atoms with E-state index in [9.17, 15) is 9.59 Å². The van der Waals surface area contributed by atoms with E-state index in [4.69, 9.17) is 4.74 Å². The molecule has 2 aromatic heterocycles. The van der Waals surface area contributed by atoms with Crippen LogP contribution in [0.5, 0.6) is 0 Å². The first kappa shape index (κ1) is 14.2. The number of amides is 1. The van der Waals surface area contributed by atoms with Gasteiger partial charge in [0, 0.05) is 6.42 Å². The van der Waals surface area contributed by atoms with Crippen LogP contribution in [0.3, 0.4) is 0 Å². The average molecular weight is 294 g/mol. The summed E-state index contributed by atoms with van der Waals surface area (Å²) in [5, 5.41) is 11.2. The SMILES string of the molecule is CCOC(=O)c1ccsc1NC(=O)c1n[nH]c(CC)n1. The number of nitrogens with zero attached hydrogens (tertiary/aromatic N) is 2. The zero-order valence-electron chi connectivity index (χ0n) is 11.1. The van der Waals surface area contributed by atoms with Gasteiger partial charge in [0.15, 0.2) is 0 Å². The summed E-state index contributed by atoms with van der Waals surface area (Å²) < 4.78 is 4.91. The molecule has 0 atom stereocenters. The first-order valence-corrected chi connectivity index (χ1v) is 7.00. The second-order valence-corrected chi connectivity index (χ2v) is 4.71. The van der Waals surface area contributed by atoms with Crippen LogP contribution in [-0.4, -0.2) is 33.7 Å². The fourth-order valence-electron chi connectivity index (χ4n) is 1.49. The summed E-state index contributed by atoms with van der Waals surface area (Å²) in [5.41, 5.74) is 0.330. The van der Waals surface area contributed by atoms with Crippen LogP contribution in [0.15, 0.2) is 11.4 Å². The third kappa shape index (κ3) is 3.02. The summed E-state index contributed by atoms with van der Waals surface area (Å²) in [6, 6.07) is 1.60. The molecule has 0 radical (unpaired) electrons. The molecule has 0 saturated heterocycles. The van der Waals surface area contributed by atoms with Gasteiger partial charge in [0.25, 0.3) is 5.91 Å². The predicted octanol–water partition coefficient (Wildman–Crippen LogP) is 1.86. The number of aromatic nitrogens is 3. The Bertz CT molecular complexity index is 620. The van der Waals surface area contributed by atoms with Crippen molar-refractivity contribution in [1.82, 2.24) is 15.2 Å². The van der Waals surface area contributed by atoms with Gasteiger partial charge >= 0.3 is 5.97 Å². The molecule has 0 aliphatic carbocycles. The molecule has 0 aromatic carbocycles. The third-order valence-corrected chi connectivity index (χ3v) is 3.29. The van der Waals surface area contributed by atoms with E-state index >= 15 is 0 Å². The van der Waals surface area contributed by atoms with Crippen LogP contribution in [0.25, 0.3) is 0 Å². The van der Waals surface area contributed by atoms with Gasteiger partial charge in [0.05, 0.1) is 12.2 Å². The summed E-state index contributed by atoms with van der Waals surface area (Å²) in [6.07, 6.45) is 0.660. The molecule has 2 rings (SSSR count). The lowest BCUT2D eigenvalue weighted by molar-refractivity contribution is 0.0528. The number of hydrogen-bond acceptors (Lipinski definition) is 6. The zero-order chi connectivity index (χ0) is 14.5. The first-order valence-electron chi connectivity index (χ1n) is 6.13. The maximum Gasteiger partial charge on any atom is 0.341 e. The van der Waals surface area contributed by atoms with Gasteiger partial charge in [-0.15, -0.1) is 16.4 Å². The van der Waals surface area contributed by atoms with E-state index in [-0.39, 0.29) is 12.4 Å². The highest BCUT2D eigenvalue weighted by molar-refractivity contribution is 7.14. The van der Waals surface area contributed by atoms with Crippen LogP contribution in [0, 0.1) is 0 Å². The number of aryl methyl sites for hydroxylation is 1. The summed E-state index contributed by atoms with van der Waals surface area (Å²) >= 11 is 1.24. The Morgan fingerprint density at radius 3 is 2.90 bits per heavy atom. The number of anilines is 1. The van der Waals surface area contributed by atoms with E-state index in [1.54, 1.807) is 18.4 Å². The number of H-pyrrole nitrogens is 1. The van der Waals surface area contributed by atoms with Gasteiger partial charge in [-0.25, -0.2) is 9.78 Å². The van der Waals surface area contributed by atoms with E-state index in [1.807, 2.05) is 6.92 Å². The highest BCUT2D eigenvalue weighted by Crippen LogP contribution is 2.24. The van der Waals surface area contributed by atoms with Crippen molar-refractivity contribution in [2.75, 3.05) is 11.9 Å². The largest absolute Gasteiger partial charge is 0.462 e. The van der Waals surface area contributed by atoms with Crippen molar-refractivity contribution >= 4 is 28.2 Å². The molecule has 0 bridgehead atoms. The Morgan fingerprint density at radius 1 is 1.45 bits per heavy atom. The molecule has 2 aromatic rings. The third-order valence-electron chi connectivity index (χ3n) is 2.46. The van der Waals surface area contributed by atoms with Crippen LogP contribution >= 0.6 is 11.3 Å². The molecule has 0 aliphatic heterocycles. The minimum Gasteiger partial charge on any atom is -0.462 e. The Kier molecular flexibility index (Phi) is 4.46. The lowest BCUT2D eigenvalue weighted by Gasteiger charge is -2.04. The second kappa shape index (κ2) is 6.29. The smallest absolute Gasteiger partial charge is 0.341 e. The molecule has 106 valence electrons. The van der Waals surface area contributed by atoms with E-state index in [0.29, 0.717) is 22.8 Å². The van der Waals surface area contributed by atoms with E-state index in [1.165, 1.54) is 11.3 Å². The van der Waals surface area contributed by atoms with Gasteiger partial charge in [-0.3, -0.25) is 9.89 Å². The lowest BCUT2D eigenvalue weighted by Crippen LogP contribution is -2.15. The first-order chi connectivity index (χ1) is 9.65. The molecule has 2 N–H and O–H groups in total. The minimum absolute atomic E-state index is 0.0464. The van der Waals surface area contributed by atoms with Gasteiger partial charge in [0.2, 0.25) is 5.82 Å². The van der Waals surface area contributed by atoms with E-state index in [2.05, 4.69) is 20.5 Å². The molecule has 8 heteroatoms. The van der Waals surface area contributed by atoms with Gasteiger partial charge in [-0.05, 0) is 18.4 Å². The zero-order valence-corrected chi connectivity index (χ0v) is 11.9. The normalized spacial score (nSPS) is 10.3. The summed E-state index contributed by atoms with van der Waals surface area (Å²) in [6.45, 7) is 3.91. The summed E-state index contributed by atoms with van der Waals surface area (Å²) in [4.78, 5) is 27.7. The Morgan fingerprint density at radius 2 is 2.25 bits per heavy atom. The van der Waals surface area contributed by atoms with Crippen molar-refractivity contribution < 1.29 is 14.3 Å². The number of carbonyl (C=O) groups is 2. The molecule has 0 fully saturated rings. The molecule has 0 spiro atoms.